The Morgan fingerprint density at radius 1 is 1.50 bits per heavy atom. The molecule has 2 rings (SSSR count). The van der Waals surface area contributed by atoms with Crippen molar-refractivity contribution in [2.45, 2.75) is 31.7 Å². The van der Waals surface area contributed by atoms with Gasteiger partial charge in [-0.05, 0) is 29.9 Å². The summed E-state index contributed by atoms with van der Waals surface area (Å²) in [5.41, 5.74) is 8.62. The van der Waals surface area contributed by atoms with Crippen molar-refractivity contribution in [1.29, 1.82) is 0 Å². The fourth-order valence-corrected chi connectivity index (χ4v) is 3.76. The lowest BCUT2D eigenvalue weighted by Gasteiger charge is -2.29. The van der Waals surface area contributed by atoms with Crippen LogP contribution in [0, 0.1) is 0 Å². The molecule has 0 aromatic heterocycles. The predicted molar refractivity (Wildman–Crippen MR) is 69.0 cm³/mol. The lowest BCUT2D eigenvalue weighted by molar-refractivity contribution is 0.634. The number of rotatable bonds is 5. The van der Waals surface area contributed by atoms with Crippen molar-refractivity contribution >= 4 is 10.8 Å². The summed E-state index contributed by atoms with van der Waals surface area (Å²) in [7, 11) is -0.761. The Bertz CT molecular complexity index is 391. The van der Waals surface area contributed by atoms with Crippen molar-refractivity contribution in [3.05, 3.63) is 35.4 Å². The molecule has 1 aromatic rings. The maximum atomic E-state index is 11.9. The van der Waals surface area contributed by atoms with Gasteiger partial charge in [-0.3, -0.25) is 4.21 Å². The van der Waals surface area contributed by atoms with Gasteiger partial charge in [-0.1, -0.05) is 31.2 Å². The lowest BCUT2D eigenvalue weighted by Crippen LogP contribution is -2.30. The Morgan fingerprint density at radius 2 is 2.25 bits per heavy atom. The monoisotopic (exact) mass is 237 g/mol. The van der Waals surface area contributed by atoms with Gasteiger partial charge in [-0.2, -0.15) is 0 Å². The molecule has 3 heteroatoms. The molecule has 2 nitrogen and oxygen atoms in total. The summed E-state index contributed by atoms with van der Waals surface area (Å²) in [6, 6.07) is 8.54. The van der Waals surface area contributed by atoms with Crippen LogP contribution >= 0.6 is 0 Å². The minimum absolute atomic E-state index is 0.0937. The van der Waals surface area contributed by atoms with Crippen molar-refractivity contribution in [1.82, 2.24) is 0 Å². The van der Waals surface area contributed by atoms with Gasteiger partial charge < -0.3 is 5.73 Å². The van der Waals surface area contributed by atoms with Gasteiger partial charge in [0.15, 0.2) is 0 Å². The van der Waals surface area contributed by atoms with E-state index in [2.05, 4.69) is 24.3 Å². The number of nitrogens with two attached hydrogens (primary N) is 1. The summed E-state index contributed by atoms with van der Waals surface area (Å²) in [6.07, 6.45) is 2.00. The quantitative estimate of drug-likeness (QED) is 0.848. The van der Waals surface area contributed by atoms with Crippen molar-refractivity contribution in [3.8, 4) is 0 Å². The van der Waals surface area contributed by atoms with Crippen molar-refractivity contribution in [2.24, 2.45) is 5.73 Å². The Balaban J connectivity index is 1.87. The highest BCUT2D eigenvalue weighted by Crippen LogP contribution is 2.35. The molecule has 1 aliphatic carbocycles. The summed E-state index contributed by atoms with van der Waals surface area (Å²) < 4.78 is 11.9. The minimum Gasteiger partial charge on any atom is -0.327 e. The van der Waals surface area contributed by atoms with E-state index in [1.807, 2.05) is 6.92 Å². The van der Waals surface area contributed by atoms with Gasteiger partial charge in [0.05, 0.1) is 0 Å². The molecule has 0 fully saturated rings. The molecule has 0 aliphatic heterocycles. The van der Waals surface area contributed by atoms with E-state index < -0.39 is 10.8 Å². The molecule has 1 aromatic carbocycles. The number of hydrogen-bond acceptors (Lipinski definition) is 2. The van der Waals surface area contributed by atoms with E-state index in [0.717, 1.165) is 18.6 Å². The fourth-order valence-electron chi connectivity index (χ4n) is 2.16. The van der Waals surface area contributed by atoms with E-state index in [-0.39, 0.29) is 6.04 Å². The average Bonchev–Trinajstić information content (AvgIpc) is 2.26. The zero-order chi connectivity index (χ0) is 11.5. The Labute approximate surface area is 99.7 Å². The standard InChI is InChI=1S/C13H19NOS/c1-2-12(14)9-16(15)8-11-7-10-5-3-4-6-13(10)11/h3-6,11-12H,2,7-9,14H2,1H3. The molecular formula is C13H19NOS. The zero-order valence-corrected chi connectivity index (χ0v) is 10.5. The normalized spacial score (nSPS) is 22.0. The van der Waals surface area contributed by atoms with Crippen molar-refractivity contribution in [2.75, 3.05) is 11.5 Å². The van der Waals surface area contributed by atoms with Gasteiger partial charge >= 0.3 is 0 Å². The zero-order valence-electron chi connectivity index (χ0n) is 9.69. The van der Waals surface area contributed by atoms with Crippen LogP contribution in [0.4, 0.5) is 0 Å². The van der Waals surface area contributed by atoms with Crippen molar-refractivity contribution in [3.63, 3.8) is 0 Å². The maximum absolute atomic E-state index is 11.9. The van der Waals surface area contributed by atoms with E-state index in [0.29, 0.717) is 11.7 Å². The van der Waals surface area contributed by atoms with E-state index >= 15 is 0 Å². The molecule has 88 valence electrons. The molecular weight excluding hydrogens is 218 g/mol. The highest BCUT2D eigenvalue weighted by atomic mass is 32.2. The molecule has 0 heterocycles. The van der Waals surface area contributed by atoms with Gasteiger partial charge in [-0.25, -0.2) is 0 Å². The Hall–Kier alpha value is -0.670. The topological polar surface area (TPSA) is 43.1 Å². The van der Waals surface area contributed by atoms with Gasteiger partial charge in [0.25, 0.3) is 0 Å². The molecule has 0 bridgehead atoms. The summed E-state index contributed by atoms with van der Waals surface area (Å²) in [5.74, 6) is 1.93. The first-order chi connectivity index (χ1) is 7.70. The molecule has 3 atom stereocenters. The smallest absolute Gasteiger partial charge is 0.0386 e. The van der Waals surface area contributed by atoms with Gasteiger partial charge in [-0.15, -0.1) is 0 Å². The second-order valence-electron chi connectivity index (χ2n) is 4.54. The van der Waals surface area contributed by atoms with Crippen LogP contribution in [0.25, 0.3) is 0 Å². The van der Waals surface area contributed by atoms with E-state index in [1.165, 1.54) is 11.1 Å². The second kappa shape index (κ2) is 5.11. The highest BCUT2D eigenvalue weighted by Gasteiger charge is 2.27. The predicted octanol–water partition coefficient (Wildman–Crippen LogP) is 1.81. The molecule has 3 unspecified atom stereocenters. The third kappa shape index (κ3) is 2.53. The maximum Gasteiger partial charge on any atom is 0.0386 e. The first-order valence-electron chi connectivity index (χ1n) is 5.89. The molecule has 2 N–H and O–H groups in total. The van der Waals surface area contributed by atoms with Crippen LogP contribution in [0.15, 0.2) is 24.3 Å². The summed E-state index contributed by atoms with van der Waals surface area (Å²) >= 11 is 0. The van der Waals surface area contributed by atoms with Gasteiger partial charge in [0.2, 0.25) is 0 Å². The van der Waals surface area contributed by atoms with Gasteiger partial charge in [0.1, 0.15) is 0 Å². The average molecular weight is 237 g/mol. The third-order valence-corrected chi connectivity index (χ3v) is 4.85. The van der Waals surface area contributed by atoms with Crippen LogP contribution < -0.4 is 5.73 Å². The number of benzene rings is 1. The van der Waals surface area contributed by atoms with E-state index in [4.69, 9.17) is 5.73 Å². The first kappa shape index (κ1) is 11.8. The largest absolute Gasteiger partial charge is 0.327 e. The highest BCUT2D eigenvalue weighted by molar-refractivity contribution is 7.85. The Morgan fingerprint density at radius 3 is 2.94 bits per heavy atom. The van der Waals surface area contributed by atoms with Crippen LogP contribution in [0.2, 0.25) is 0 Å². The van der Waals surface area contributed by atoms with Crippen LogP contribution in [-0.4, -0.2) is 21.8 Å². The minimum atomic E-state index is -0.761. The van der Waals surface area contributed by atoms with E-state index in [1.54, 1.807) is 0 Å². The molecule has 0 amide bonds. The van der Waals surface area contributed by atoms with Crippen LogP contribution in [0.5, 0.6) is 0 Å². The SMILES string of the molecule is CCC(N)CS(=O)CC1Cc2ccccc21. The molecule has 16 heavy (non-hydrogen) atoms. The number of hydrogen-bond donors (Lipinski definition) is 1. The van der Waals surface area contributed by atoms with E-state index in [9.17, 15) is 4.21 Å². The summed E-state index contributed by atoms with van der Waals surface area (Å²) in [4.78, 5) is 0. The summed E-state index contributed by atoms with van der Waals surface area (Å²) in [5, 5.41) is 0. The van der Waals surface area contributed by atoms with Gasteiger partial charge in [0, 0.05) is 28.3 Å². The fraction of sp³-hybridized carbons (Fsp3) is 0.538. The molecule has 1 aliphatic rings. The second-order valence-corrected chi connectivity index (χ2v) is 6.09. The molecule has 0 spiro atoms. The summed E-state index contributed by atoms with van der Waals surface area (Å²) in [6.45, 7) is 2.04. The van der Waals surface area contributed by atoms with Crippen LogP contribution in [0.3, 0.4) is 0 Å². The molecule has 0 saturated heterocycles. The Kier molecular flexibility index (Phi) is 3.77. The lowest BCUT2D eigenvalue weighted by atomic mass is 9.79. The third-order valence-electron chi connectivity index (χ3n) is 3.27. The number of fused-ring (bicyclic) bond motifs is 1. The van der Waals surface area contributed by atoms with Crippen LogP contribution in [0.1, 0.15) is 30.4 Å². The van der Waals surface area contributed by atoms with Crippen molar-refractivity contribution < 1.29 is 4.21 Å². The molecule has 0 saturated carbocycles. The first-order valence-corrected chi connectivity index (χ1v) is 7.38. The molecule has 0 radical (unpaired) electrons. The van der Waals surface area contributed by atoms with Crippen LogP contribution in [-0.2, 0) is 17.2 Å².